The predicted octanol–water partition coefficient (Wildman–Crippen LogP) is 3.55. The lowest BCUT2D eigenvalue weighted by atomic mass is 10.1. The van der Waals surface area contributed by atoms with Gasteiger partial charge in [-0.1, -0.05) is 6.07 Å². The van der Waals surface area contributed by atoms with E-state index in [-0.39, 0.29) is 0 Å². The third-order valence-corrected chi connectivity index (χ3v) is 4.35. The van der Waals surface area contributed by atoms with Crippen LogP contribution in [-0.4, -0.2) is 5.75 Å². The van der Waals surface area contributed by atoms with Gasteiger partial charge in [0.25, 0.3) is 0 Å². The first-order valence-electron chi connectivity index (χ1n) is 4.07. The van der Waals surface area contributed by atoms with Crippen LogP contribution in [0.1, 0.15) is 5.56 Å². The van der Waals surface area contributed by atoms with E-state index in [1.165, 1.54) is 27.2 Å². The van der Waals surface area contributed by atoms with Crippen molar-refractivity contribution in [2.45, 2.75) is 11.3 Å². The zero-order valence-electron chi connectivity index (χ0n) is 6.54. The molecule has 0 saturated carbocycles. The Balaban J connectivity index is 2.46. The van der Waals surface area contributed by atoms with Gasteiger partial charge in [0.2, 0.25) is 0 Å². The zero-order chi connectivity index (χ0) is 7.97. The number of aryl methyl sites for hydroxylation is 1. The molecule has 0 spiro atoms. The molecule has 0 N–H and O–H groups in total. The number of benzene rings is 1. The van der Waals surface area contributed by atoms with E-state index in [9.17, 15) is 0 Å². The minimum atomic E-state index is 1.26. The fourth-order valence-corrected chi connectivity index (χ4v) is 3.77. The lowest BCUT2D eigenvalue weighted by Crippen LogP contribution is -1.78. The lowest BCUT2D eigenvalue weighted by molar-refractivity contribution is 1.16. The van der Waals surface area contributed by atoms with Gasteiger partial charge in [0.05, 0.1) is 0 Å². The molecule has 0 atom stereocenters. The molecule has 0 fully saturated rings. The minimum Gasteiger partial charge on any atom is -0.144 e. The summed E-state index contributed by atoms with van der Waals surface area (Å²) in [4.78, 5) is 1.54. The van der Waals surface area contributed by atoms with Crippen molar-refractivity contribution in [3.05, 3.63) is 29.1 Å². The maximum Gasteiger partial charge on any atom is 0.0354 e. The zero-order valence-corrected chi connectivity index (χ0v) is 8.17. The molecule has 0 bridgehead atoms. The summed E-state index contributed by atoms with van der Waals surface area (Å²) in [6, 6.07) is 6.79. The van der Waals surface area contributed by atoms with E-state index >= 15 is 0 Å². The van der Waals surface area contributed by atoms with Crippen molar-refractivity contribution in [3.63, 3.8) is 0 Å². The van der Waals surface area contributed by atoms with Crippen LogP contribution in [0.15, 0.2) is 28.5 Å². The molecular weight excluding hydrogens is 184 g/mol. The molecule has 0 radical (unpaired) electrons. The first-order valence-corrected chi connectivity index (χ1v) is 5.93. The van der Waals surface area contributed by atoms with E-state index < -0.39 is 0 Å². The molecule has 60 valence electrons. The molecule has 1 aromatic heterocycles. The van der Waals surface area contributed by atoms with Crippen LogP contribution in [0.4, 0.5) is 0 Å². The van der Waals surface area contributed by atoms with Crippen molar-refractivity contribution in [3.8, 4) is 0 Å². The smallest absolute Gasteiger partial charge is 0.0354 e. The predicted molar refractivity (Wildman–Crippen MR) is 56.3 cm³/mol. The second kappa shape index (κ2) is 2.51. The molecule has 0 saturated heterocycles. The Morgan fingerprint density at radius 1 is 1.17 bits per heavy atom. The number of fused-ring (bicyclic) bond motifs is 3. The van der Waals surface area contributed by atoms with Crippen molar-refractivity contribution in [1.82, 2.24) is 0 Å². The Hall–Kier alpha value is -0.470. The normalized spacial score (nSPS) is 15.3. The number of hydrogen-bond acceptors (Lipinski definition) is 2. The molecule has 0 aliphatic carbocycles. The maximum atomic E-state index is 2.29. The van der Waals surface area contributed by atoms with Crippen LogP contribution in [0.3, 0.4) is 0 Å². The fraction of sp³-hybridized carbons (Fsp3) is 0.200. The highest BCUT2D eigenvalue weighted by atomic mass is 32.2. The van der Waals surface area contributed by atoms with Crippen molar-refractivity contribution in [2.24, 2.45) is 0 Å². The fourth-order valence-electron chi connectivity index (χ4n) is 1.69. The van der Waals surface area contributed by atoms with Gasteiger partial charge in [0.15, 0.2) is 0 Å². The first-order chi connectivity index (χ1) is 5.95. The van der Waals surface area contributed by atoms with Crippen LogP contribution in [0.25, 0.3) is 10.1 Å². The van der Waals surface area contributed by atoms with E-state index in [0.717, 1.165) is 0 Å². The Kier molecular flexibility index (Phi) is 1.46. The highest BCUT2D eigenvalue weighted by molar-refractivity contribution is 7.99. The monoisotopic (exact) mass is 192 g/mol. The van der Waals surface area contributed by atoms with Crippen LogP contribution >= 0.6 is 23.1 Å². The summed E-state index contributed by atoms with van der Waals surface area (Å²) in [5.41, 5.74) is 1.55. The van der Waals surface area contributed by atoms with Gasteiger partial charge in [0, 0.05) is 20.7 Å². The standard InChI is InChI=1S/C10H8S2/c1-2-9-8(4-6-11-9)10-7(1)3-5-12-10/h1-2,4,6H,3,5H2. The van der Waals surface area contributed by atoms with Crippen LogP contribution in [0, 0.1) is 0 Å². The van der Waals surface area contributed by atoms with Crippen LogP contribution in [0.5, 0.6) is 0 Å². The van der Waals surface area contributed by atoms with Gasteiger partial charge in [0.1, 0.15) is 0 Å². The quantitative estimate of drug-likeness (QED) is 0.615. The van der Waals surface area contributed by atoms with Crippen LogP contribution < -0.4 is 0 Å². The maximum absolute atomic E-state index is 2.29. The molecule has 2 heteroatoms. The van der Waals surface area contributed by atoms with E-state index in [1.54, 1.807) is 5.56 Å². The number of thioether (sulfide) groups is 1. The molecule has 2 aromatic rings. The van der Waals surface area contributed by atoms with Crippen molar-refractivity contribution in [2.75, 3.05) is 5.75 Å². The van der Waals surface area contributed by atoms with E-state index in [4.69, 9.17) is 0 Å². The van der Waals surface area contributed by atoms with Gasteiger partial charge in [-0.15, -0.1) is 23.1 Å². The van der Waals surface area contributed by atoms with E-state index in [2.05, 4.69) is 23.6 Å². The Bertz CT molecular complexity index is 428. The lowest BCUT2D eigenvalue weighted by Gasteiger charge is -1.98. The molecule has 0 unspecified atom stereocenters. The largest absolute Gasteiger partial charge is 0.144 e. The summed E-state index contributed by atoms with van der Waals surface area (Å²) in [6.07, 6.45) is 1.26. The molecular formula is C10H8S2. The van der Waals surface area contributed by atoms with Gasteiger partial charge in [-0.05, 0) is 29.5 Å². The van der Waals surface area contributed by atoms with Crippen molar-refractivity contribution >= 4 is 33.2 Å². The Labute approximate surface area is 79.6 Å². The second-order valence-corrected chi connectivity index (χ2v) is 5.04. The molecule has 12 heavy (non-hydrogen) atoms. The summed E-state index contributed by atoms with van der Waals surface area (Å²) >= 11 is 3.85. The van der Waals surface area contributed by atoms with E-state index in [1.807, 2.05) is 23.1 Å². The van der Waals surface area contributed by atoms with Crippen molar-refractivity contribution in [1.29, 1.82) is 0 Å². The second-order valence-electron chi connectivity index (χ2n) is 2.98. The summed E-state index contributed by atoms with van der Waals surface area (Å²) in [6.45, 7) is 0. The van der Waals surface area contributed by atoms with Gasteiger partial charge in [-0.3, -0.25) is 0 Å². The Morgan fingerprint density at radius 2 is 2.17 bits per heavy atom. The minimum absolute atomic E-state index is 1.26. The number of hydrogen-bond donors (Lipinski definition) is 0. The Morgan fingerprint density at radius 3 is 3.17 bits per heavy atom. The molecule has 3 rings (SSSR count). The van der Waals surface area contributed by atoms with E-state index in [0.29, 0.717) is 0 Å². The third-order valence-electron chi connectivity index (χ3n) is 2.29. The van der Waals surface area contributed by atoms with Gasteiger partial charge in [-0.2, -0.15) is 0 Å². The first kappa shape index (κ1) is 6.98. The van der Waals surface area contributed by atoms with Gasteiger partial charge >= 0.3 is 0 Å². The molecule has 1 aliphatic heterocycles. The highest BCUT2D eigenvalue weighted by Crippen LogP contribution is 2.38. The topological polar surface area (TPSA) is 0 Å². The molecule has 0 nitrogen and oxygen atoms in total. The average molecular weight is 192 g/mol. The summed E-state index contributed by atoms with van der Waals surface area (Å²) < 4.78 is 1.43. The molecule has 2 heterocycles. The summed E-state index contributed by atoms with van der Waals surface area (Å²) in [5, 5.41) is 3.66. The molecule has 0 amide bonds. The van der Waals surface area contributed by atoms with Crippen molar-refractivity contribution < 1.29 is 0 Å². The third kappa shape index (κ3) is 0.852. The number of thiophene rings is 1. The molecule has 1 aliphatic rings. The van der Waals surface area contributed by atoms with Gasteiger partial charge < -0.3 is 0 Å². The highest BCUT2D eigenvalue weighted by Gasteiger charge is 2.14. The van der Waals surface area contributed by atoms with Gasteiger partial charge in [-0.25, -0.2) is 0 Å². The summed E-state index contributed by atoms with van der Waals surface area (Å²) in [5.74, 6) is 1.27. The SMILES string of the molecule is c1cc2c3c(ccc2s1)CCS3. The number of rotatable bonds is 0. The van der Waals surface area contributed by atoms with Crippen LogP contribution in [0.2, 0.25) is 0 Å². The average Bonchev–Trinajstić information content (AvgIpc) is 2.71. The molecule has 1 aromatic carbocycles. The summed E-state index contributed by atoms with van der Waals surface area (Å²) in [7, 11) is 0. The van der Waals surface area contributed by atoms with Crippen LogP contribution in [-0.2, 0) is 6.42 Å².